The number of nitrogens with zero attached hydrogens (tertiary/aromatic N) is 1. The Morgan fingerprint density at radius 3 is 2.55 bits per heavy atom. The first kappa shape index (κ1) is 15.2. The molecular weight excluding hydrogens is 321 g/mol. The van der Waals surface area contributed by atoms with E-state index in [1.807, 2.05) is 42.3 Å². The quantitative estimate of drug-likeness (QED) is 0.898. The van der Waals surface area contributed by atoms with Crippen LogP contribution < -0.4 is 0 Å². The fourth-order valence-electron chi connectivity index (χ4n) is 2.09. The van der Waals surface area contributed by atoms with Gasteiger partial charge in [-0.2, -0.15) is 0 Å². The normalized spacial score (nSPS) is 12.7. The molecule has 1 N–H and O–H groups in total. The number of aliphatic hydroxyl groups is 1. The Hall–Kier alpha value is -1.23. The second kappa shape index (κ2) is 6.97. The minimum atomic E-state index is -0.523. The molecule has 0 amide bonds. The molecule has 2 nitrogen and oxygen atoms in total. The van der Waals surface area contributed by atoms with E-state index in [0.717, 1.165) is 11.1 Å². The van der Waals surface area contributed by atoms with E-state index in [0.29, 0.717) is 17.6 Å². The van der Waals surface area contributed by atoms with Gasteiger partial charge in [0.1, 0.15) is 5.82 Å². The molecule has 0 fully saturated rings. The highest BCUT2D eigenvalue weighted by molar-refractivity contribution is 9.10. The molecule has 2 aromatic rings. The van der Waals surface area contributed by atoms with Crippen LogP contribution in [0.3, 0.4) is 0 Å². The topological polar surface area (TPSA) is 23.5 Å². The molecule has 0 spiro atoms. The minimum Gasteiger partial charge on any atom is -0.387 e. The maximum absolute atomic E-state index is 13.2. The predicted octanol–water partition coefficient (Wildman–Crippen LogP) is 3.75. The average molecular weight is 338 g/mol. The van der Waals surface area contributed by atoms with E-state index in [2.05, 4.69) is 15.9 Å². The second-order valence-electron chi connectivity index (χ2n) is 4.87. The summed E-state index contributed by atoms with van der Waals surface area (Å²) >= 11 is 3.18. The van der Waals surface area contributed by atoms with Crippen molar-refractivity contribution in [1.29, 1.82) is 0 Å². The van der Waals surface area contributed by atoms with Gasteiger partial charge < -0.3 is 5.11 Å². The Kier molecular flexibility index (Phi) is 5.29. The third kappa shape index (κ3) is 4.13. The van der Waals surface area contributed by atoms with Crippen molar-refractivity contribution in [2.75, 3.05) is 13.6 Å². The number of halogens is 2. The van der Waals surface area contributed by atoms with Crippen molar-refractivity contribution in [3.63, 3.8) is 0 Å². The van der Waals surface area contributed by atoms with E-state index in [1.165, 1.54) is 6.07 Å². The highest BCUT2D eigenvalue weighted by Gasteiger charge is 2.11. The largest absolute Gasteiger partial charge is 0.387 e. The van der Waals surface area contributed by atoms with Crippen molar-refractivity contribution in [2.24, 2.45) is 0 Å². The number of aliphatic hydroxyl groups excluding tert-OH is 1. The lowest BCUT2D eigenvalue weighted by atomic mass is 10.1. The van der Waals surface area contributed by atoms with E-state index in [4.69, 9.17) is 0 Å². The van der Waals surface area contributed by atoms with Crippen LogP contribution in [0.5, 0.6) is 0 Å². The van der Waals surface area contributed by atoms with Crippen molar-refractivity contribution in [3.8, 4) is 0 Å². The second-order valence-corrected chi connectivity index (χ2v) is 5.73. The van der Waals surface area contributed by atoms with Gasteiger partial charge in [0.2, 0.25) is 0 Å². The standard InChI is InChI=1S/C16H17BrFNO/c1-19(10-12-7-8-15(18)14(17)9-12)11-16(20)13-5-3-2-4-6-13/h2-9,16,20H,10-11H2,1H3/t16-/m1/s1. The van der Waals surface area contributed by atoms with E-state index in [1.54, 1.807) is 12.1 Å². The van der Waals surface area contributed by atoms with Gasteiger partial charge in [0.15, 0.2) is 0 Å². The molecule has 0 saturated heterocycles. The van der Waals surface area contributed by atoms with Gasteiger partial charge in [-0.05, 0) is 46.2 Å². The fourth-order valence-corrected chi connectivity index (χ4v) is 2.52. The van der Waals surface area contributed by atoms with Gasteiger partial charge in [0.25, 0.3) is 0 Å². The summed E-state index contributed by atoms with van der Waals surface area (Å²) in [4.78, 5) is 2.01. The van der Waals surface area contributed by atoms with Crippen LogP contribution in [0, 0.1) is 5.82 Å². The maximum Gasteiger partial charge on any atom is 0.137 e. The Morgan fingerprint density at radius 1 is 1.20 bits per heavy atom. The smallest absolute Gasteiger partial charge is 0.137 e. The fraction of sp³-hybridized carbons (Fsp3) is 0.250. The summed E-state index contributed by atoms with van der Waals surface area (Å²) in [6.45, 7) is 1.18. The molecule has 1 atom stereocenters. The zero-order valence-corrected chi connectivity index (χ0v) is 12.8. The van der Waals surface area contributed by atoms with Crippen LogP contribution in [0.25, 0.3) is 0 Å². The van der Waals surface area contributed by atoms with Gasteiger partial charge in [-0.3, -0.25) is 4.90 Å². The highest BCUT2D eigenvalue weighted by atomic mass is 79.9. The van der Waals surface area contributed by atoms with Gasteiger partial charge in [0.05, 0.1) is 10.6 Å². The van der Waals surface area contributed by atoms with Gasteiger partial charge in [-0.25, -0.2) is 4.39 Å². The Bertz CT molecular complexity index is 562. The average Bonchev–Trinajstić information content (AvgIpc) is 2.44. The minimum absolute atomic E-state index is 0.263. The molecule has 4 heteroatoms. The van der Waals surface area contributed by atoms with Gasteiger partial charge in [0, 0.05) is 13.1 Å². The van der Waals surface area contributed by atoms with E-state index < -0.39 is 6.10 Å². The van der Waals surface area contributed by atoms with Crippen LogP contribution in [0.1, 0.15) is 17.2 Å². The first-order valence-corrected chi connectivity index (χ1v) is 7.21. The molecule has 0 unspecified atom stereocenters. The molecule has 0 radical (unpaired) electrons. The van der Waals surface area contributed by atoms with Gasteiger partial charge in [-0.15, -0.1) is 0 Å². The van der Waals surface area contributed by atoms with Crippen LogP contribution in [0.4, 0.5) is 4.39 Å². The lowest BCUT2D eigenvalue weighted by Gasteiger charge is -2.21. The Labute approximate surface area is 127 Å². The summed E-state index contributed by atoms with van der Waals surface area (Å²) in [5.74, 6) is -0.263. The van der Waals surface area contributed by atoms with E-state index >= 15 is 0 Å². The first-order chi connectivity index (χ1) is 9.56. The van der Waals surface area contributed by atoms with E-state index in [-0.39, 0.29) is 5.82 Å². The highest BCUT2D eigenvalue weighted by Crippen LogP contribution is 2.19. The number of likely N-dealkylation sites (N-methyl/N-ethyl adjacent to an activating group) is 1. The van der Waals surface area contributed by atoms with Gasteiger partial charge in [-0.1, -0.05) is 36.4 Å². The monoisotopic (exact) mass is 337 g/mol. The van der Waals surface area contributed by atoms with Crippen LogP contribution in [-0.2, 0) is 6.54 Å². The molecular formula is C16H17BrFNO. The Morgan fingerprint density at radius 2 is 1.90 bits per heavy atom. The lowest BCUT2D eigenvalue weighted by molar-refractivity contribution is 0.124. The molecule has 0 aliphatic carbocycles. The zero-order valence-electron chi connectivity index (χ0n) is 11.3. The third-order valence-corrected chi connectivity index (χ3v) is 3.71. The molecule has 0 saturated carbocycles. The maximum atomic E-state index is 13.2. The molecule has 0 aliphatic heterocycles. The molecule has 0 aromatic heterocycles. The first-order valence-electron chi connectivity index (χ1n) is 6.42. The molecule has 20 heavy (non-hydrogen) atoms. The number of hydrogen-bond donors (Lipinski definition) is 1. The van der Waals surface area contributed by atoms with Crippen LogP contribution >= 0.6 is 15.9 Å². The molecule has 106 valence electrons. The molecule has 0 bridgehead atoms. The third-order valence-electron chi connectivity index (χ3n) is 3.11. The summed E-state index contributed by atoms with van der Waals surface area (Å²) in [6, 6.07) is 14.5. The number of hydrogen-bond acceptors (Lipinski definition) is 2. The predicted molar refractivity (Wildman–Crippen MR) is 81.8 cm³/mol. The van der Waals surface area contributed by atoms with Crippen molar-refractivity contribution >= 4 is 15.9 Å². The van der Waals surface area contributed by atoms with Crippen LogP contribution in [0.15, 0.2) is 53.0 Å². The van der Waals surface area contributed by atoms with Crippen molar-refractivity contribution < 1.29 is 9.50 Å². The molecule has 2 aromatic carbocycles. The summed E-state index contributed by atoms with van der Waals surface area (Å²) in [6.07, 6.45) is -0.523. The molecule has 0 aliphatic rings. The van der Waals surface area contributed by atoms with E-state index in [9.17, 15) is 9.50 Å². The van der Waals surface area contributed by atoms with Crippen molar-refractivity contribution in [2.45, 2.75) is 12.6 Å². The summed E-state index contributed by atoms with van der Waals surface area (Å²) in [5.41, 5.74) is 1.90. The number of rotatable bonds is 5. The summed E-state index contributed by atoms with van der Waals surface area (Å²) < 4.78 is 13.6. The SMILES string of the molecule is CN(Cc1ccc(F)c(Br)c1)C[C@@H](O)c1ccccc1. The molecule has 0 heterocycles. The van der Waals surface area contributed by atoms with Crippen LogP contribution in [-0.4, -0.2) is 23.6 Å². The zero-order chi connectivity index (χ0) is 14.5. The summed E-state index contributed by atoms with van der Waals surface area (Å²) in [5, 5.41) is 10.2. The van der Waals surface area contributed by atoms with Crippen molar-refractivity contribution in [3.05, 3.63) is 69.9 Å². The molecule has 2 rings (SSSR count). The lowest BCUT2D eigenvalue weighted by Crippen LogP contribution is -2.24. The van der Waals surface area contributed by atoms with Crippen LogP contribution in [0.2, 0.25) is 0 Å². The Balaban J connectivity index is 1.95. The number of benzene rings is 2. The summed E-state index contributed by atoms with van der Waals surface area (Å²) in [7, 11) is 1.93. The van der Waals surface area contributed by atoms with Gasteiger partial charge >= 0.3 is 0 Å². The van der Waals surface area contributed by atoms with Crippen molar-refractivity contribution in [1.82, 2.24) is 4.90 Å².